The summed E-state index contributed by atoms with van der Waals surface area (Å²) in [5, 5.41) is 6.03. The van der Waals surface area contributed by atoms with Gasteiger partial charge in [0.1, 0.15) is 16.5 Å². The number of rotatable bonds is 10. The van der Waals surface area contributed by atoms with Crippen molar-refractivity contribution >= 4 is 46.9 Å². The molecule has 0 aliphatic rings. The first kappa shape index (κ1) is 33.0. The summed E-state index contributed by atoms with van der Waals surface area (Å²) in [6, 6.07) is 0. The number of hydrogen-bond acceptors (Lipinski definition) is 6. The van der Waals surface area contributed by atoms with Gasteiger partial charge < -0.3 is 28.0 Å². The zero-order valence-corrected chi connectivity index (χ0v) is 20.6. The van der Waals surface area contributed by atoms with Crippen LogP contribution in [0.15, 0.2) is 0 Å². The molecule has 24 heavy (non-hydrogen) atoms. The Kier molecular flexibility index (Phi) is 48.8. The zero-order chi connectivity index (χ0) is 19.6. The Labute approximate surface area is 163 Å². The van der Waals surface area contributed by atoms with Gasteiger partial charge >= 0.3 is 105 Å². The summed E-state index contributed by atoms with van der Waals surface area (Å²) in [7, 11) is -3.51. The molecule has 2 unspecified atom stereocenters. The van der Waals surface area contributed by atoms with Gasteiger partial charge in [-0.15, -0.1) is 0 Å². The third-order valence-corrected chi connectivity index (χ3v) is 6.91. The molecule has 0 amide bonds. The van der Waals surface area contributed by atoms with E-state index in [1.165, 1.54) is 46.8 Å². The summed E-state index contributed by atoms with van der Waals surface area (Å²) in [6.07, 6.45) is 5.59. The van der Waals surface area contributed by atoms with Gasteiger partial charge in [0, 0.05) is 14.2 Å². The minimum atomic E-state index is -2.87. The van der Waals surface area contributed by atoms with Crippen molar-refractivity contribution in [2.24, 2.45) is 0 Å². The van der Waals surface area contributed by atoms with Crippen molar-refractivity contribution in [3.8, 4) is 0 Å². The Morgan fingerprint density at radius 3 is 0.917 bits per heavy atom. The Morgan fingerprint density at radius 1 is 0.667 bits per heavy atom. The van der Waals surface area contributed by atoms with Crippen LogP contribution in [0.2, 0.25) is 21.1 Å². The Balaban J connectivity index is -0.000000113. The molecule has 0 aromatic rings. The predicted molar refractivity (Wildman–Crippen MR) is 104 cm³/mol. The van der Waals surface area contributed by atoms with Gasteiger partial charge in [-0.25, -0.2) is 0 Å². The summed E-state index contributed by atoms with van der Waals surface area (Å²) in [6.45, 7) is 9.07. The molecule has 6 nitrogen and oxygen atoms in total. The average molecular weight is 416 g/mol. The van der Waals surface area contributed by atoms with Crippen molar-refractivity contribution in [2.75, 3.05) is 14.2 Å². The maximum atomic E-state index is 9.22. The maximum Gasteiger partial charge on any atom is 0.121 e. The standard InChI is InChI=1S/4C3H7.2CH5O3P.2Al/c4*1-3-2;2*1-4-5(2)3;;/h4*1,3H2,2H3;2*5H,1H3,(H,2,3);;/q;;;;;;2*+1/p-2. The second-order valence-corrected chi connectivity index (χ2v) is 9.92. The summed E-state index contributed by atoms with van der Waals surface area (Å²) in [5.74, 6) is 0. The third-order valence-electron chi connectivity index (χ3n) is 2.30. The fraction of sp³-hybridized carbons (Fsp3) is 1.00. The minimum Gasteiger partial charge on any atom is -0.781 e. The van der Waals surface area contributed by atoms with Crippen molar-refractivity contribution in [2.45, 2.75) is 74.5 Å². The van der Waals surface area contributed by atoms with E-state index in [1.54, 1.807) is 0 Å². The molecule has 2 atom stereocenters. The smallest absolute Gasteiger partial charge is 0.121 e. The van der Waals surface area contributed by atoms with Gasteiger partial charge in [-0.2, -0.15) is 0 Å². The molecule has 0 aliphatic heterocycles. The van der Waals surface area contributed by atoms with Crippen molar-refractivity contribution in [1.82, 2.24) is 0 Å². The van der Waals surface area contributed by atoms with Crippen LogP contribution in [0.4, 0.5) is 0 Å². The van der Waals surface area contributed by atoms with Crippen molar-refractivity contribution < 1.29 is 28.0 Å². The molecule has 0 heterocycles. The molecule has 0 N–H and O–H groups in total. The Bertz CT molecular complexity index is 217. The van der Waals surface area contributed by atoms with Crippen LogP contribution >= 0.6 is 16.5 Å². The quantitative estimate of drug-likeness (QED) is 0.307. The van der Waals surface area contributed by atoms with Gasteiger partial charge in [0.05, 0.1) is 0 Å². The average Bonchev–Trinajstić information content (AvgIpc) is 2.57. The van der Waals surface area contributed by atoms with E-state index in [9.17, 15) is 18.9 Å². The fourth-order valence-corrected chi connectivity index (χ4v) is 3.32. The second kappa shape index (κ2) is 35.5. The van der Waals surface area contributed by atoms with E-state index in [0.29, 0.717) is 0 Å². The largest absolute Gasteiger partial charge is 0.781 e. The van der Waals surface area contributed by atoms with Gasteiger partial charge in [-0.3, -0.25) is 0 Å². The SMILES string of the molecule is CC[CH2][Al+][CH2]CC.CC[CH2][Al+][CH2]CC.CO[PH](=O)[O-].CO[PH](=O)[O-]. The van der Waals surface area contributed by atoms with Gasteiger partial charge in [0.2, 0.25) is 0 Å². The van der Waals surface area contributed by atoms with Crippen LogP contribution in [0.5, 0.6) is 0 Å². The van der Waals surface area contributed by atoms with E-state index in [1.807, 2.05) is 0 Å². The zero-order valence-electron chi connectivity index (χ0n) is 16.3. The van der Waals surface area contributed by atoms with Crippen molar-refractivity contribution in [1.29, 1.82) is 0 Å². The van der Waals surface area contributed by atoms with Crippen LogP contribution in [-0.4, -0.2) is 44.7 Å². The topological polar surface area (TPSA) is 98.7 Å². The molecular weight excluding hydrogens is 380 g/mol. The van der Waals surface area contributed by atoms with Crippen LogP contribution < -0.4 is 9.79 Å². The predicted octanol–water partition coefficient (Wildman–Crippen LogP) is 3.46. The first-order valence-corrected chi connectivity index (χ1v) is 14.2. The summed E-state index contributed by atoms with van der Waals surface area (Å²) in [4.78, 5) is 18.4. The molecule has 0 aromatic carbocycles. The molecule has 0 saturated carbocycles. The monoisotopic (exact) mass is 416 g/mol. The van der Waals surface area contributed by atoms with Gasteiger partial charge in [0.15, 0.2) is 0 Å². The van der Waals surface area contributed by atoms with E-state index in [2.05, 4.69) is 36.7 Å². The molecule has 0 bridgehead atoms. The van der Waals surface area contributed by atoms with E-state index >= 15 is 0 Å². The molecule has 0 saturated heterocycles. The van der Waals surface area contributed by atoms with Crippen LogP contribution in [0, 0.1) is 0 Å². The number of hydrogen-bond donors (Lipinski definition) is 0. The molecule has 0 aliphatic carbocycles. The van der Waals surface area contributed by atoms with E-state index in [-0.39, 0.29) is 0 Å². The fourth-order valence-electron chi connectivity index (χ4n) is 1.11. The first-order chi connectivity index (χ1) is 11.4. The van der Waals surface area contributed by atoms with Gasteiger partial charge in [-0.1, -0.05) is 0 Å². The van der Waals surface area contributed by atoms with E-state index < -0.39 is 16.5 Å². The van der Waals surface area contributed by atoms with Crippen LogP contribution in [0.25, 0.3) is 0 Å². The third kappa shape index (κ3) is 65.4. The van der Waals surface area contributed by atoms with Crippen molar-refractivity contribution in [3.05, 3.63) is 0 Å². The molecule has 144 valence electrons. The van der Waals surface area contributed by atoms with Gasteiger partial charge in [0.25, 0.3) is 0 Å². The van der Waals surface area contributed by atoms with Crippen LogP contribution in [0.1, 0.15) is 53.4 Å². The van der Waals surface area contributed by atoms with Crippen molar-refractivity contribution in [3.63, 3.8) is 0 Å². The van der Waals surface area contributed by atoms with Crippen LogP contribution in [0.3, 0.4) is 0 Å². The minimum absolute atomic E-state index is 0.822. The molecule has 0 rings (SSSR count). The normalized spacial score (nSPS) is 11.0. The molecule has 0 fully saturated rings. The summed E-state index contributed by atoms with van der Waals surface area (Å²) in [5.41, 5.74) is 0. The van der Waals surface area contributed by atoms with Gasteiger partial charge in [-0.05, 0) is 0 Å². The maximum absolute atomic E-state index is 9.22. The summed E-state index contributed by atoms with van der Waals surface area (Å²) < 4.78 is 25.9. The second-order valence-electron chi connectivity index (χ2n) is 4.64. The van der Waals surface area contributed by atoms with Crippen LogP contribution in [-0.2, 0) is 18.2 Å². The van der Waals surface area contributed by atoms with E-state index in [0.717, 1.165) is 44.7 Å². The molecule has 10 heteroatoms. The Morgan fingerprint density at radius 2 is 0.833 bits per heavy atom. The molecule has 0 radical (unpaired) electrons. The molecule has 0 aromatic heterocycles. The van der Waals surface area contributed by atoms with E-state index in [4.69, 9.17) is 0 Å². The Hall–Kier alpha value is 1.36. The first-order valence-electron chi connectivity index (χ1n) is 8.50. The molecule has 0 spiro atoms. The summed E-state index contributed by atoms with van der Waals surface area (Å²) >= 11 is 1.64. The molecular formula is C14H36Al2O6P2.